The van der Waals surface area contributed by atoms with Gasteiger partial charge in [-0.2, -0.15) is 5.10 Å². The van der Waals surface area contributed by atoms with Gasteiger partial charge in [-0.3, -0.25) is 9.48 Å². The van der Waals surface area contributed by atoms with Crippen molar-refractivity contribution in [2.45, 2.75) is 13.1 Å². The fourth-order valence-electron chi connectivity index (χ4n) is 1.52. The Kier molecular flexibility index (Phi) is 3.99. The number of benzene rings is 1. The second kappa shape index (κ2) is 5.68. The number of carbonyl (C=O) groups is 1. The number of hydrogen-bond acceptors (Lipinski definition) is 3. The molecule has 3 N–H and O–H groups in total. The summed E-state index contributed by atoms with van der Waals surface area (Å²) in [7, 11) is 0. The first kappa shape index (κ1) is 12.6. The number of nitrogens with two attached hydrogens (primary N) is 1. The zero-order valence-corrected chi connectivity index (χ0v) is 11.2. The molecule has 0 unspecified atom stereocenters. The molecule has 2 rings (SSSR count). The van der Waals surface area contributed by atoms with Crippen LogP contribution in [-0.4, -0.2) is 15.7 Å². The van der Waals surface area contributed by atoms with Gasteiger partial charge in [-0.05, 0) is 17.7 Å². The Labute approximate surface area is 113 Å². The minimum absolute atomic E-state index is 0.0990. The van der Waals surface area contributed by atoms with Crippen molar-refractivity contribution in [1.29, 1.82) is 0 Å². The van der Waals surface area contributed by atoms with E-state index in [1.165, 1.54) is 10.9 Å². The zero-order valence-electron chi connectivity index (χ0n) is 9.64. The Morgan fingerprint density at radius 1 is 1.50 bits per heavy atom. The Balaban J connectivity index is 1.85. The Morgan fingerprint density at radius 3 is 3.00 bits per heavy atom. The highest BCUT2D eigenvalue weighted by Crippen LogP contribution is 2.11. The summed E-state index contributed by atoms with van der Waals surface area (Å²) in [5, 5.41) is 6.77. The third kappa shape index (κ3) is 3.59. The molecule has 0 spiro atoms. The van der Waals surface area contributed by atoms with Crippen LogP contribution in [0, 0.1) is 0 Å². The van der Waals surface area contributed by atoms with Crippen LogP contribution in [0.15, 0.2) is 41.1 Å². The van der Waals surface area contributed by atoms with Crippen LogP contribution in [0.2, 0.25) is 0 Å². The van der Waals surface area contributed by atoms with E-state index < -0.39 is 0 Å². The zero-order chi connectivity index (χ0) is 13.0. The van der Waals surface area contributed by atoms with E-state index in [2.05, 4.69) is 26.3 Å². The minimum Gasteiger partial charge on any atom is -0.396 e. The van der Waals surface area contributed by atoms with Crippen molar-refractivity contribution in [2.24, 2.45) is 0 Å². The maximum absolute atomic E-state index is 11.7. The first-order valence-corrected chi connectivity index (χ1v) is 6.22. The third-order valence-corrected chi connectivity index (χ3v) is 2.83. The van der Waals surface area contributed by atoms with E-state index in [4.69, 9.17) is 5.73 Å². The lowest BCUT2D eigenvalue weighted by molar-refractivity contribution is -0.122. The van der Waals surface area contributed by atoms with E-state index in [0.29, 0.717) is 12.2 Å². The van der Waals surface area contributed by atoms with Gasteiger partial charge in [0.05, 0.1) is 11.9 Å². The molecule has 0 aliphatic rings. The number of anilines is 1. The number of nitrogen functional groups attached to an aromatic ring is 1. The highest BCUT2D eigenvalue weighted by molar-refractivity contribution is 9.10. The molecule has 0 radical (unpaired) electrons. The summed E-state index contributed by atoms with van der Waals surface area (Å²) in [6, 6.07) is 7.79. The van der Waals surface area contributed by atoms with E-state index in [0.717, 1.165) is 10.0 Å². The summed E-state index contributed by atoms with van der Waals surface area (Å²) in [6.07, 6.45) is 3.14. The molecule has 0 aliphatic heterocycles. The number of nitrogens with one attached hydrogen (secondary N) is 1. The average molecular weight is 309 g/mol. The molecule has 1 aromatic carbocycles. The van der Waals surface area contributed by atoms with Gasteiger partial charge in [0, 0.05) is 17.2 Å². The van der Waals surface area contributed by atoms with Gasteiger partial charge in [-0.15, -0.1) is 0 Å². The molecule has 1 aromatic heterocycles. The van der Waals surface area contributed by atoms with Crippen molar-refractivity contribution < 1.29 is 4.79 Å². The van der Waals surface area contributed by atoms with Crippen LogP contribution in [0.5, 0.6) is 0 Å². The van der Waals surface area contributed by atoms with Gasteiger partial charge in [-0.25, -0.2) is 0 Å². The smallest absolute Gasteiger partial charge is 0.241 e. The molecule has 0 saturated heterocycles. The highest BCUT2D eigenvalue weighted by atomic mass is 79.9. The van der Waals surface area contributed by atoms with Crippen LogP contribution >= 0.6 is 15.9 Å². The molecule has 6 heteroatoms. The van der Waals surface area contributed by atoms with E-state index in [1.807, 2.05) is 24.3 Å². The first-order chi connectivity index (χ1) is 8.63. The van der Waals surface area contributed by atoms with E-state index >= 15 is 0 Å². The maximum atomic E-state index is 11.7. The van der Waals surface area contributed by atoms with Crippen molar-refractivity contribution in [1.82, 2.24) is 15.1 Å². The Bertz CT molecular complexity index is 553. The molecule has 94 valence electrons. The van der Waals surface area contributed by atoms with E-state index in [1.54, 1.807) is 6.20 Å². The largest absolute Gasteiger partial charge is 0.396 e. The van der Waals surface area contributed by atoms with Crippen LogP contribution in [-0.2, 0) is 17.9 Å². The lowest BCUT2D eigenvalue weighted by Gasteiger charge is -2.05. The number of rotatable bonds is 4. The highest BCUT2D eigenvalue weighted by Gasteiger charge is 2.03. The molecule has 0 aliphatic carbocycles. The predicted octanol–water partition coefficient (Wildman–Crippen LogP) is 1.54. The number of aromatic nitrogens is 2. The van der Waals surface area contributed by atoms with Crippen LogP contribution in [0.25, 0.3) is 0 Å². The van der Waals surface area contributed by atoms with Crippen molar-refractivity contribution in [3.63, 3.8) is 0 Å². The van der Waals surface area contributed by atoms with Crippen LogP contribution in [0.3, 0.4) is 0 Å². The number of amides is 1. The lowest BCUT2D eigenvalue weighted by Crippen LogP contribution is -2.27. The number of nitrogens with zero attached hydrogens (tertiary/aromatic N) is 2. The predicted molar refractivity (Wildman–Crippen MR) is 72.6 cm³/mol. The topological polar surface area (TPSA) is 72.9 Å². The van der Waals surface area contributed by atoms with Gasteiger partial charge in [0.1, 0.15) is 6.54 Å². The van der Waals surface area contributed by atoms with Gasteiger partial charge in [0.25, 0.3) is 0 Å². The van der Waals surface area contributed by atoms with Crippen molar-refractivity contribution in [3.05, 3.63) is 46.7 Å². The molecule has 18 heavy (non-hydrogen) atoms. The minimum atomic E-state index is -0.0990. The van der Waals surface area contributed by atoms with Crippen LogP contribution in [0.1, 0.15) is 5.56 Å². The molecule has 2 aromatic rings. The van der Waals surface area contributed by atoms with Gasteiger partial charge in [-0.1, -0.05) is 28.1 Å². The average Bonchev–Trinajstić information content (AvgIpc) is 2.72. The van der Waals surface area contributed by atoms with Gasteiger partial charge < -0.3 is 11.1 Å². The first-order valence-electron chi connectivity index (χ1n) is 5.42. The van der Waals surface area contributed by atoms with E-state index in [-0.39, 0.29) is 12.5 Å². The summed E-state index contributed by atoms with van der Waals surface area (Å²) in [6.45, 7) is 0.667. The molecule has 1 amide bonds. The fourth-order valence-corrected chi connectivity index (χ4v) is 1.96. The second-order valence-electron chi connectivity index (χ2n) is 3.88. The quantitative estimate of drug-likeness (QED) is 0.900. The Hall–Kier alpha value is -1.82. The number of hydrogen-bond donors (Lipinski definition) is 2. The van der Waals surface area contributed by atoms with E-state index in [9.17, 15) is 4.79 Å². The molecule has 1 heterocycles. The van der Waals surface area contributed by atoms with Gasteiger partial charge in [0.2, 0.25) is 5.91 Å². The second-order valence-corrected chi connectivity index (χ2v) is 4.79. The molecule has 0 saturated carbocycles. The summed E-state index contributed by atoms with van der Waals surface area (Å²) >= 11 is 3.38. The van der Waals surface area contributed by atoms with Crippen molar-refractivity contribution in [3.8, 4) is 0 Å². The molecule has 0 fully saturated rings. The normalized spacial score (nSPS) is 10.3. The van der Waals surface area contributed by atoms with Crippen molar-refractivity contribution in [2.75, 3.05) is 5.73 Å². The maximum Gasteiger partial charge on any atom is 0.241 e. The molecule has 5 nitrogen and oxygen atoms in total. The standard InChI is InChI=1S/C12H13BrN4O/c13-10-3-1-2-9(4-10)5-15-12(18)8-17-7-11(14)6-16-17/h1-4,6-7H,5,8,14H2,(H,15,18). The summed E-state index contributed by atoms with van der Waals surface area (Å²) in [5.74, 6) is -0.0990. The number of carbonyl (C=O) groups excluding carboxylic acids is 1. The molecular weight excluding hydrogens is 296 g/mol. The Morgan fingerprint density at radius 2 is 2.33 bits per heavy atom. The molecule has 0 bridgehead atoms. The third-order valence-electron chi connectivity index (χ3n) is 2.34. The fraction of sp³-hybridized carbons (Fsp3) is 0.167. The summed E-state index contributed by atoms with van der Waals surface area (Å²) < 4.78 is 2.50. The van der Waals surface area contributed by atoms with Crippen LogP contribution in [0.4, 0.5) is 5.69 Å². The van der Waals surface area contributed by atoms with Crippen molar-refractivity contribution >= 4 is 27.5 Å². The summed E-state index contributed by atoms with van der Waals surface area (Å²) in [4.78, 5) is 11.7. The van der Waals surface area contributed by atoms with Crippen LogP contribution < -0.4 is 11.1 Å². The summed E-state index contributed by atoms with van der Waals surface area (Å²) in [5.41, 5.74) is 7.11. The lowest BCUT2D eigenvalue weighted by atomic mass is 10.2. The monoisotopic (exact) mass is 308 g/mol. The van der Waals surface area contributed by atoms with Gasteiger partial charge in [0.15, 0.2) is 0 Å². The molecule has 0 atom stereocenters. The van der Waals surface area contributed by atoms with Gasteiger partial charge >= 0.3 is 0 Å². The molecular formula is C12H13BrN4O. The SMILES string of the molecule is Nc1cnn(CC(=O)NCc2cccc(Br)c2)c1. The number of halogens is 1.